The number of aromatic nitrogens is 2. The minimum atomic E-state index is -0.701. The van der Waals surface area contributed by atoms with Gasteiger partial charge in [-0.25, -0.2) is 14.6 Å². The van der Waals surface area contributed by atoms with Crippen LogP contribution in [0.3, 0.4) is 0 Å². The van der Waals surface area contributed by atoms with Crippen molar-refractivity contribution in [1.82, 2.24) is 25.1 Å². The fraction of sp³-hybridized carbons (Fsp3) is 0.380. The van der Waals surface area contributed by atoms with Crippen LogP contribution in [0.25, 0.3) is 10.9 Å². The van der Waals surface area contributed by atoms with E-state index in [4.69, 9.17) is 32.8 Å². The first-order valence-electron chi connectivity index (χ1n) is 22.3. The monoisotopic (exact) mass is 920 g/mol. The number of carbonyl (C=O) groups excluding carboxylic acids is 5. The second kappa shape index (κ2) is 24.1. The van der Waals surface area contributed by atoms with E-state index in [-0.39, 0.29) is 74.2 Å². The van der Waals surface area contributed by atoms with Gasteiger partial charge < -0.3 is 37.1 Å². The number of fused-ring (bicyclic) bond motifs is 1. The highest BCUT2D eigenvalue weighted by atomic mass is 35.5. The smallest absolute Gasteiger partial charge is 0.407 e. The zero-order valence-corrected chi connectivity index (χ0v) is 39.0. The number of ether oxygens (including phenoxy) is 1. The fourth-order valence-electron chi connectivity index (χ4n) is 7.59. The van der Waals surface area contributed by atoms with E-state index >= 15 is 0 Å². The number of amides is 5. The topological polar surface area (TPSA) is 221 Å². The summed E-state index contributed by atoms with van der Waals surface area (Å²) >= 11 is 6.40. The lowest BCUT2D eigenvalue weighted by atomic mass is 9.90. The zero-order valence-electron chi connectivity index (χ0n) is 38.2. The molecule has 0 bridgehead atoms. The Morgan fingerprint density at radius 2 is 1.52 bits per heavy atom. The number of aryl methyl sites for hydroxylation is 1. The fourth-order valence-corrected chi connectivity index (χ4v) is 7.75. The van der Waals surface area contributed by atoms with Crippen molar-refractivity contribution in [3.05, 3.63) is 141 Å². The van der Waals surface area contributed by atoms with Gasteiger partial charge in [-0.3, -0.25) is 23.7 Å². The van der Waals surface area contributed by atoms with Crippen molar-refractivity contribution in [2.45, 2.75) is 85.5 Å². The first-order valence-corrected chi connectivity index (χ1v) is 22.6. The molecule has 4 aromatic carbocycles. The summed E-state index contributed by atoms with van der Waals surface area (Å²) in [5.74, 6) is -1.37. The van der Waals surface area contributed by atoms with Crippen LogP contribution in [0.4, 0.5) is 15.3 Å². The minimum absolute atomic E-state index is 0.0451. The van der Waals surface area contributed by atoms with Crippen LogP contribution in [0.2, 0.25) is 5.02 Å². The number of nitrogens with zero attached hydrogens (tertiary/aromatic N) is 3. The van der Waals surface area contributed by atoms with E-state index in [2.05, 4.69) is 16.0 Å². The van der Waals surface area contributed by atoms with Gasteiger partial charge in [-0.15, -0.1) is 0 Å². The summed E-state index contributed by atoms with van der Waals surface area (Å²) in [5, 5.41) is 8.98. The number of hydrogen-bond donors (Lipinski definition) is 5. The van der Waals surface area contributed by atoms with Crippen molar-refractivity contribution >= 4 is 57.9 Å². The number of nitrogens with one attached hydrogen (secondary N) is 3. The highest BCUT2D eigenvalue weighted by molar-refractivity contribution is 6.31. The molecular formula is C50H61ClN8O7. The SMILES string of the molecule is Cc1ccc(C(=O)N(CCCNC(=O)OCc2ccc(NC(=O)[C@H](CCCNC(N)=O)CC(=O)[C@@H](N)C(C)C)cc2)[C@H](c2nc3cc(Cl)ccc3c(=O)n2Cc2ccccc2)C(C)C)cc1. The van der Waals surface area contributed by atoms with E-state index in [1.807, 2.05) is 77.1 Å². The predicted molar refractivity (Wildman–Crippen MR) is 257 cm³/mol. The van der Waals surface area contributed by atoms with Gasteiger partial charge in [-0.05, 0) is 91.6 Å². The van der Waals surface area contributed by atoms with Gasteiger partial charge in [0, 0.05) is 48.2 Å². The maximum atomic E-state index is 14.5. The molecule has 5 amide bonds. The van der Waals surface area contributed by atoms with Gasteiger partial charge in [0.05, 0.1) is 29.5 Å². The molecule has 350 valence electrons. The van der Waals surface area contributed by atoms with Gasteiger partial charge in [0.2, 0.25) is 5.91 Å². The molecule has 0 spiro atoms. The van der Waals surface area contributed by atoms with Crippen LogP contribution in [-0.4, -0.2) is 69.8 Å². The van der Waals surface area contributed by atoms with Crippen LogP contribution >= 0.6 is 11.6 Å². The molecule has 0 saturated carbocycles. The Balaban J connectivity index is 1.25. The maximum Gasteiger partial charge on any atom is 0.407 e. The number of anilines is 1. The second-order valence-corrected chi connectivity index (χ2v) is 17.6. The quantitative estimate of drug-likeness (QED) is 0.0433. The number of Topliss-reactive ketones (excluding diaryl/α,β-unsaturated/α-hetero) is 1. The number of urea groups is 1. The average Bonchev–Trinajstić information content (AvgIpc) is 3.28. The molecule has 0 saturated heterocycles. The summed E-state index contributed by atoms with van der Waals surface area (Å²) in [4.78, 5) is 85.7. The molecule has 0 fully saturated rings. The van der Waals surface area contributed by atoms with Gasteiger partial charge in [0.15, 0.2) is 5.78 Å². The summed E-state index contributed by atoms with van der Waals surface area (Å²) in [6.45, 7) is 10.4. The Morgan fingerprint density at radius 3 is 2.17 bits per heavy atom. The molecule has 16 heteroatoms. The highest BCUT2D eigenvalue weighted by Gasteiger charge is 2.33. The third kappa shape index (κ3) is 14.2. The molecule has 1 heterocycles. The van der Waals surface area contributed by atoms with Crippen molar-refractivity contribution in [2.24, 2.45) is 29.2 Å². The molecule has 5 rings (SSSR count). The van der Waals surface area contributed by atoms with Crippen molar-refractivity contribution in [2.75, 3.05) is 25.0 Å². The molecule has 0 aliphatic heterocycles. The van der Waals surface area contributed by atoms with Crippen LogP contribution in [0.5, 0.6) is 0 Å². The normalized spacial score (nSPS) is 12.6. The Bertz CT molecular complexity index is 2510. The summed E-state index contributed by atoms with van der Waals surface area (Å²) in [7, 11) is 0. The van der Waals surface area contributed by atoms with Crippen LogP contribution in [0, 0.1) is 24.7 Å². The summed E-state index contributed by atoms with van der Waals surface area (Å²) < 4.78 is 7.15. The highest BCUT2D eigenvalue weighted by Crippen LogP contribution is 2.31. The lowest BCUT2D eigenvalue weighted by molar-refractivity contribution is -0.127. The maximum absolute atomic E-state index is 14.5. The number of primary amides is 1. The number of rotatable bonds is 22. The van der Waals surface area contributed by atoms with Crippen LogP contribution in [-0.2, 0) is 27.5 Å². The van der Waals surface area contributed by atoms with E-state index in [1.165, 1.54) is 0 Å². The molecule has 0 aliphatic rings. The molecule has 1 aromatic heterocycles. The Kier molecular flexibility index (Phi) is 18.4. The van der Waals surface area contributed by atoms with Crippen LogP contribution in [0.15, 0.2) is 102 Å². The molecule has 0 unspecified atom stereocenters. The number of hydrogen-bond acceptors (Lipinski definition) is 9. The van der Waals surface area contributed by atoms with Gasteiger partial charge in [-0.2, -0.15) is 0 Å². The molecule has 5 aromatic rings. The lowest BCUT2D eigenvalue weighted by Crippen LogP contribution is -2.42. The number of ketones is 1. The Hall–Kier alpha value is -6.58. The first kappa shape index (κ1) is 50.4. The van der Waals surface area contributed by atoms with E-state index in [0.29, 0.717) is 57.8 Å². The summed E-state index contributed by atoms with van der Waals surface area (Å²) in [6.07, 6.45) is 0.411. The third-order valence-electron chi connectivity index (χ3n) is 11.3. The molecule has 7 N–H and O–H groups in total. The molecule has 0 aliphatic carbocycles. The van der Waals surface area contributed by atoms with Gasteiger partial charge in [0.1, 0.15) is 12.4 Å². The summed E-state index contributed by atoms with van der Waals surface area (Å²) in [5.41, 5.74) is 14.9. The first-order chi connectivity index (χ1) is 31.5. The van der Waals surface area contributed by atoms with Crippen molar-refractivity contribution in [3.8, 4) is 0 Å². The molecule has 66 heavy (non-hydrogen) atoms. The second-order valence-electron chi connectivity index (χ2n) is 17.2. The average molecular weight is 922 g/mol. The third-order valence-corrected chi connectivity index (χ3v) is 11.5. The number of halogens is 1. The molecule has 15 nitrogen and oxygen atoms in total. The van der Waals surface area contributed by atoms with Gasteiger partial charge in [-0.1, -0.05) is 99.5 Å². The summed E-state index contributed by atoms with van der Waals surface area (Å²) in [6, 6.07) is 26.6. The van der Waals surface area contributed by atoms with E-state index in [1.54, 1.807) is 64.1 Å². The van der Waals surface area contributed by atoms with Crippen LogP contribution in [0.1, 0.15) is 92.3 Å². The molecule has 0 radical (unpaired) electrons. The predicted octanol–water partition coefficient (Wildman–Crippen LogP) is 7.51. The van der Waals surface area contributed by atoms with Gasteiger partial charge >= 0.3 is 12.1 Å². The largest absolute Gasteiger partial charge is 0.445 e. The van der Waals surface area contributed by atoms with E-state index in [9.17, 15) is 28.8 Å². The number of nitrogens with two attached hydrogens (primary N) is 2. The number of benzene rings is 4. The molecular weight excluding hydrogens is 860 g/mol. The standard InChI is InChI=1S/C50H61ClN8O7/c1-31(2)43(52)42(60)27-37(13-9-24-54-49(53)64)46(61)56-39-21-16-35(17-22-39)30-66-50(65)55-25-10-26-58(47(62)36-18-14-33(5)15-19-36)44(32(3)4)45-57-41-28-38(51)20-23-40(41)48(63)59(45)29-34-11-7-6-8-12-34/h6-8,11-12,14-23,28,31-32,37,43-44H,9-10,13,24-27,29-30,52H2,1-5H3,(H,55,65)(H,56,61)(H3,53,54,64)/t37-,43+,44+/m1/s1. The van der Waals surface area contributed by atoms with E-state index < -0.39 is 30.1 Å². The van der Waals surface area contributed by atoms with Crippen molar-refractivity contribution < 1.29 is 28.7 Å². The van der Waals surface area contributed by atoms with Gasteiger partial charge in [0.25, 0.3) is 11.5 Å². The lowest BCUT2D eigenvalue weighted by Gasteiger charge is -2.35. The Morgan fingerprint density at radius 1 is 0.833 bits per heavy atom. The minimum Gasteiger partial charge on any atom is -0.445 e. The number of carbonyl (C=O) groups is 5. The van der Waals surface area contributed by atoms with E-state index in [0.717, 1.165) is 11.1 Å². The number of alkyl carbamates (subject to hydrolysis) is 1. The van der Waals surface area contributed by atoms with Crippen molar-refractivity contribution in [1.29, 1.82) is 0 Å². The van der Waals surface area contributed by atoms with Crippen molar-refractivity contribution in [3.63, 3.8) is 0 Å². The zero-order chi connectivity index (χ0) is 47.9. The Labute approximate surface area is 390 Å². The molecule has 3 atom stereocenters. The van der Waals surface area contributed by atoms with Crippen LogP contribution < -0.4 is 33.0 Å².